The van der Waals surface area contributed by atoms with Gasteiger partial charge in [-0.2, -0.15) is 0 Å². The fraction of sp³-hybridized carbons (Fsp3) is 0.714. The molecule has 0 N–H and O–H groups in total. The molecule has 0 spiro atoms. The van der Waals surface area contributed by atoms with Crippen molar-refractivity contribution in [3.05, 3.63) is 0 Å². The van der Waals surface area contributed by atoms with Gasteiger partial charge in [0.15, 0.2) is 0 Å². The minimum Gasteiger partial charge on any atom is -0.393 e. The van der Waals surface area contributed by atoms with Gasteiger partial charge in [-0.3, -0.25) is 19.2 Å². The molecule has 0 aromatic rings. The highest BCUT2D eigenvalue weighted by Gasteiger charge is 2.25. The molecule has 0 fully saturated rings. The summed E-state index contributed by atoms with van der Waals surface area (Å²) in [6, 6.07) is 0. The van der Waals surface area contributed by atoms with Crippen molar-refractivity contribution in [3.8, 4) is 0 Å². The van der Waals surface area contributed by atoms with Crippen molar-refractivity contribution in [2.75, 3.05) is 0 Å². The Labute approximate surface area is 113 Å². The van der Waals surface area contributed by atoms with E-state index < -0.39 is 17.9 Å². The summed E-state index contributed by atoms with van der Waals surface area (Å²) in [5.74, 6) is -2.36. The highest BCUT2D eigenvalue weighted by Crippen LogP contribution is 2.16. The first-order chi connectivity index (χ1) is 8.92. The van der Waals surface area contributed by atoms with E-state index in [9.17, 15) is 19.2 Å². The molecule has 19 heavy (non-hydrogen) atoms. The largest absolute Gasteiger partial charge is 0.393 e. The summed E-state index contributed by atoms with van der Waals surface area (Å²) in [6.45, 7) is 4.87. The van der Waals surface area contributed by atoms with Gasteiger partial charge in [0.2, 0.25) is 0 Å². The van der Waals surface area contributed by atoms with Crippen molar-refractivity contribution in [1.29, 1.82) is 0 Å². The van der Waals surface area contributed by atoms with Crippen LogP contribution in [0.5, 0.6) is 0 Å². The third-order valence-corrected chi connectivity index (χ3v) is 2.66. The summed E-state index contributed by atoms with van der Waals surface area (Å²) in [6.07, 6.45) is 2.06. The maximum Gasteiger partial charge on any atom is 0.313 e. The lowest BCUT2D eigenvalue weighted by Crippen LogP contribution is -2.25. The third kappa shape index (κ3) is 7.49. The Morgan fingerprint density at radius 1 is 0.895 bits per heavy atom. The first-order valence-electron chi connectivity index (χ1n) is 6.69. The van der Waals surface area contributed by atoms with Gasteiger partial charge in [0, 0.05) is 26.2 Å². The quantitative estimate of drug-likeness (QED) is 0.474. The van der Waals surface area contributed by atoms with Crippen LogP contribution in [0.1, 0.15) is 59.3 Å². The Morgan fingerprint density at radius 3 is 1.74 bits per heavy atom. The Kier molecular flexibility index (Phi) is 8.66. The average Bonchev–Trinajstić information content (AvgIpc) is 2.28. The fourth-order valence-corrected chi connectivity index (χ4v) is 1.82. The van der Waals surface area contributed by atoms with E-state index >= 15 is 0 Å². The molecule has 0 atom stereocenters. The molecule has 0 amide bonds. The molecule has 0 aromatic carbocycles. The molecule has 108 valence electrons. The molecule has 0 aliphatic heterocycles. The molecular weight excluding hydrogens is 248 g/mol. The Bertz CT molecular complexity index is 328. The number of rotatable bonds is 9. The Hall–Kier alpha value is -1.52. The molecule has 5 nitrogen and oxygen atoms in total. The minimum atomic E-state index is -0.737. The van der Waals surface area contributed by atoms with Crippen LogP contribution >= 0.6 is 0 Å². The second-order valence-corrected chi connectivity index (χ2v) is 4.49. The molecule has 0 heterocycles. The van der Waals surface area contributed by atoms with E-state index in [1.165, 1.54) is 0 Å². The molecule has 0 aliphatic rings. The highest BCUT2D eigenvalue weighted by molar-refractivity contribution is 6.02. The lowest BCUT2D eigenvalue weighted by Gasteiger charge is -2.13. The second kappa shape index (κ2) is 9.42. The third-order valence-electron chi connectivity index (χ3n) is 2.66. The minimum absolute atomic E-state index is 0.0881. The number of carbonyl (C=O) groups is 4. The first-order valence-corrected chi connectivity index (χ1v) is 6.69. The van der Waals surface area contributed by atoms with Crippen LogP contribution < -0.4 is 0 Å². The van der Waals surface area contributed by atoms with Gasteiger partial charge in [0.25, 0.3) is 0 Å². The number of ketones is 2. The van der Waals surface area contributed by atoms with E-state index in [0.717, 1.165) is 6.92 Å². The van der Waals surface area contributed by atoms with E-state index in [1.807, 2.05) is 13.8 Å². The van der Waals surface area contributed by atoms with Crippen LogP contribution in [0.25, 0.3) is 0 Å². The number of hydrogen-bond acceptors (Lipinski definition) is 5. The number of hydrogen-bond donors (Lipinski definition) is 0. The molecular formula is C14H22O5. The second-order valence-electron chi connectivity index (χ2n) is 4.49. The average molecular weight is 270 g/mol. The predicted octanol–water partition coefficient (Wildman–Crippen LogP) is 2.21. The smallest absolute Gasteiger partial charge is 0.313 e. The van der Waals surface area contributed by atoms with Gasteiger partial charge in [0.1, 0.15) is 11.6 Å². The molecule has 0 aromatic heterocycles. The van der Waals surface area contributed by atoms with Gasteiger partial charge in [-0.15, -0.1) is 0 Å². The Balaban J connectivity index is 4.50. The summed E-state index contributed by atoms with van der Waals surface area (Å²) < 4.78 is 4.38. The summed E-state index contributed by atoms with van der Waals surface area (Å²) >= 11 is 0. The predicted molar refractivity (Wildman–Crippen MR) is 69.3 cm³/mol. The Morgan fingerprint density at radius 2 is 1.37 bits per heavy atom. The zero-order chi connectivity index (χ0) is 14.8. The van der Waals surface area contributed by atoms with E-state index in [-0.39, 0.29) is 24.4 Å². The molecule has 0 unspecified atom stereocenters. The normalized spacial score (nSPS) is 10.3. The van der Waals surface area contributed by atoms with Crippen molar-refractivity contribution in [3.63, 3.8) is 0 Å². The highest BCUT2D eigenvalue weighted by atomic mass is 16.6. The SMILES string of the molecule is CCCC(=O)C(CCC(=O)OC(C)=O)C(=O)CCC. The standard InChI is InChI=1S/C14H22O5/c1-4-6-12(16)11(13(17)7-5-2)8-9-14(18)19-10(3)15/h11H,4-9H2,1-3H3. The summed E-state index contributed by atoms with van der Waals surface area (Å²) in [5, 5.41) is 0. The molecule has 0 rings (SSSR count). The summed E-state index contributed by atoms with van der Waals surface area (Å²) in [7, 11) is 0. The molecule has 0 saturated heterocycles. The summed E-state index contributed by atoms with van der Waals surface area (Å²) in [4.78, 5) is 45.6. The van der Waals surface area contributed by atoms with Gasteiger partial charge in [-0.1, -0.05) is 13.8 Å². The van der Waals surface area contributed by atoms with Gasteiger partial charge in [0.05, 0.1) is 5.92 Å². The van der Waals surface area contributed by atoms with Crippen molar-refractivity contribution in [2.24, 2.45) is 5.92 Å². The van der Waals surface area contributed by atoms with Crippen LogP contribution in [0.2, 0.25) is 0 Å². The van der Waals surface area contributed by atoms with E-state index in [4.69, 9.17) is 0 Å². The fourth-order valence-electron chi connectivity index (χ4n) is 1.82. The summed E-state index contributed by atoms with van der Waals surface area (Å²) in [5.41, 5.74) is 0. The molecule has 0 bridgehead atoms. The van der Waals surface area contributed by atoms with Gasteiger partial charge < -0.3 is 4.74 Å². The molecule has 0 aliphatic carbocycles. The number of ether oxygens (including phenoxy) is 1. The molecule has 5 heteroatoms. The zero-order valence-corrected chi connectivity index (χ0v) is 11.9. The van der Waals surface area contributed by atoms with Crippen LogP contribution in [-0.4, -0.2) is 23.5 Å². The first kappa shape index (κ1) is 17.5. The van der Waals surface area contributed by atoms with Crippen LogP contribution in [0.15, 0.2) is 0 Å². The maximum atomic E-state index is 11.9. The van der Waals surface area contributed by atoms with Gasteiger partial charge in [-0.25, -0.2) is 0 Å². The molecule has 0 radical (unpaired) electrons. The number of Topliss-reactive ketones (excluding diaryl/α,β-unsaturated/α-hetero) is 2. The number of carbonyl (C=O) groups excluding carboxylic acids is 4. The van der Waals surface area contributed by atoms with E-state index in [1.54, 1.807) is 0 Å². The van der Waals surface area contributed by atoms with Crippen LogP contribution in [0.3, 0.4) is 0 Å². The van der Waals surface area contributed by atoms with Gasteiger partial charge in [-0.05, 0) is 19.3 Å². The van der Waals surface area contributed by atoms with Crippen molar-refractivity contribution < 1.29 is 23.9 Å². The zero-order valence-electron chi connectivity index (χ0n) is 11.9. The van der Waals surface area contributed by atoms with Gasteiger partial charge >= 0.3 is 11.9 Å². The monoisotopic (exact) mass is 270 g/mol. The lowest BCUT2D eigenvalue weighted by atomic mass is 9.89. The van der Waals surface area contributed by atoms with Crippen molar-refractivity contribution in [2.45, 2.75) is 59.3 Å². The van der Waals surface area contributed by atoms with E-state index in [2.05, 4.69) is 4.74 Å². The van der Waals surface area contributed by atoms with E-state index in [0.29, 0.717) is 25.7 Å². The van der Waals surface area contributed by atoms with Crippen molar-refractivity contribution in [1.82, 2.24) is 0 Å². The van der Waals surface area contributed by atoms with Crippen LogP contribution in [-0.2, 0) is 23.9 Å². The van der Waals surface area contributed by atoms with Crippen LogP contribution in [0, 0.1) is 5.92 Å². The number of esters is 2. The van der Waals surface area contributed by atoms with Crippen LogP contribution in [0.4, 0.5) is 0 Å². The topological polar surface area (TPSA) is 77.5 Å². The molecule has 0 saturated carbocycles. The maximum absolute atomic E-state index is 11.9. The lowest BCUT2D eigenvalue weighted by molar-refractivity contribution is -0.158. The van der Waals surface area contributed by atoms with Crippen molar-refractivity contribution >= 4 is 23.5 Å².